The number of anilines is 1. The molecule has 1 aliphatic rings. The Labute approximate surface area is 188 Å². The summed E-state index contributed by atoms with van der Waals surface area (Å²) in [5.74, 6) is -0.845. The zero-order valence-corrected chi connectivity index (χ0v) is 18.6. The molecule has 5 nitrogen and oxygen atoms in total. The van der Waals surface area contributed by atoms with Gasteiger partial charge in [0.15, 0.2) is 5.13 Å². The smallest absolute Gasteiger partial charge is 0.416 e. The number of benzene rings is 2. The summed E-state index contributed by atoms with van der Waals surface area (Å²) >= 11 is 1.29. The van der Waals surface area contributed by atoms with Crippen LogP contribution in [0.1, 0.15) is 29.2 Å². The number of fused-ring (bicyclic) bond motifs is 1. The summed E-state index contributed by atoms with van der Waals surface area (Å²) in [7, 11) is 0. The second-order valence-corrected chi connectivity index (χ2v) is 9.36. The van der Waals surface area contributed by atoms with E-state index in [-0.39, 0.29) is 12.5 Å². The van der Waals surface area contributed by atoms with Crippen LogP contribution in [0.2, 0.25) is 0 Å². The third kappa shape index (κ3) is 5.05. The summed E-state index contributed by atoms with van der Waals surface area (Å²) in [5, 5.41) is 9.81. The third-order valence-electron chi connectivity index (χ3n) is 5.62. The fourth-order valence-electron chi connectivity index (χ4n) is 4.25. The van der Waals surface area contributed by atoms with Crippen molar-refractivity contribution in [3.63, 3.8) is 0 Å². The number of aliphatic carboxylic acids is 1. The van der Waals surface area contributed by atoms with Crippen LogP contribution in [0.4, 0.5) is 18.3 Å². The number of halogens is 3. The Bertz CT molecular complexity index is 1150. The first-order chi connectivity index (χ1) is 15.1. The van der Waals surface area contributed by atoms with E-state index in [0.29, 0.717) is 10.2 Å². The number of nitrogens with zero attached hydrogens (tertiary/aromatic N) is 3. The normalized spacial score (nSPS) is 17.8. The highest BCUT2D eigenvalue weighted by Crippen LogP contribution is 2.36. The van der Waals surface area contributed by atoms with E-state index in [0.717, 1.165) is 54.1 Å². The number of hydrogen-bond donors (Lipinski definition) is 1. The third-order valence-corrected chi connectivity index (χ3v) is 6.68. The van der Waals surface area contributed by atoms with Gasteiger partial charge in [-0.1, -0.05) is 35.1 Å². The lowest BCUT2D eigenvalue weighted by Gasteiger charge is -2.39. The lowest BCUT2D eigenvalue weighted by atomic mass is 10.0. The van der Waals surface area contributed by atoms with Gasteiger partial charge in [0, 0.05) is 32.2 Å². The highest BCUT2D eigenvalue weighted by Gasteiger charge is 2.31. The van der Waals surface area contributed by atoms with Crippen molar-refractivity contribution in [2.45, 2.75) is 39.0 Å². The molecule has 2 heterocycles. The molecular formula is C23H24F3N3O2S. The van der Waals surface area contributed by atoms with E-state index in [1.165, 1.54) is 23.5 Å². The van der Waals surface area contributed by atoms with Crippen LogP contribution in [0.15, 0.2) is 36.4 Å². The van der Waals surface area contributed by atoms with Crippen LogP contribution in [0.3, 0.4) is 0 Å². The first kappa shape index (κ1) is 22.5. The van der Waals surface area contributed by atoms with Crippen LogP contribution < -0.4 is 4.90 Å². The number of thiazole rings is 1. The second kappa shape index (κ2) is 8.71. The Morgan fingerprint density at radius 1 is 1.19 bits per heavy atom. The zero-order valence-electron chi connectivity index (χ0n) is 17.8. The van der Waals surface area contributed by atoms with E-state index in [4.69, 9.17) is 5.11 Å². The standard InChI is InChI=1S/C23H24F3N3O2S/c1-14-7-16(10-21(30)31)9-17(8-14)13-28-5-6-29(15(2)12-28)22-27-19-4-3-18(23(24,25)26)11-20(19)32-22/h3-4,7-9,11,15H,5-6,10,12-13H2,1-2H3,(H,30,31). The van der Waals surface area contributed by atoms with Gasteiger partial charge >= 0.3 is 12.1 Å². The SMILES string of the molecule is Cc1cc(CC(=O)O)cc(CN2CCN(c3nc4ccc(C(F)(F)F)cc4s3)C(C)C2)c1. The van der Waals surface area contributed by atoms with Gasteiger partial charge in [-0.05, 0) is 43.2 Å². The molecule has 1 unspecified atom stereocenters. The number of carboxylic acid groups (broad SMARTS) is 1. The molecule has 0 saturated carbocycles. The minimum absolute atomic E-state index is 0.00647. The van der Waals surface area contributed by atoms with Gasteiger partial charge in [-0.2, -0.15) is 13.2 Å². The molecule has 1 aliphatic heterocycles. The number of alkyl halides is 3. The number of piperazine rings is 1. The van der Waals surface area contributed by atoms with E-state index in [1.54, 1.807) is 0 Å². The van der Waals surface area contributed by atoms with Crippen LogP contribution in [0.5, 0.6) is 0 Å². The van der Waals surface area contributed by atoms with E-state index >= 15 is 0 Å². The number of aryl methyl sites for hydroxylation is 1. The van der Waals surface area contributed by atoms with Crippen LogP contribution in [0, 0.1) is 6.92 Å². The monoisotopic (exact) mass is 463 g/mol. The topological polar surface area (TPSA) is 56.7 Å². The number of aromatic nitrogens is 1. The van der Waals surface area contributed by atoms with Gasteiger partial charge in [-0.15, -0.1) is 0 Å². The molecule has 1 fully saturated rings. The first-order valence-electron chi connectivity index (χ1n) is 10.4. The molecule has 2 aromatic carbocycles. The average molecular weight is 464 g/mol. The molecule has 1 aromatic heterocycles. The van der Waals surface area contributed by atoms with Crippen molar-refractivity contribution >= 4 is 32.7 Å². The van der Waals surface area contributed by atoms with Crippen LogP contribution in [-0.2, 0) is 23.9 Å². The summed E-state index contributed by atoms with van der Waals surface area (Å²) in [5.41, 5.74) is 2.85. The molecule has 0 aliphatic carbocycles. The van der Waals surface area contributed by atoms with Crippen molar-refractivity contribution in [3.05, 3.63) is 58.7 Å². The van der Waals surface area contributed by atoms with E-state index in [9.17, 15) is 18.0 Å². The molecule has 9 heteroatoms. The maximum absolute atomic E-state index is 13.0. The van der Waals surface area contributed by atoms with Gasteiger partial charge in [-0.25, -0.2) is 4.98 Å². The summed E-state index contributed by atoms with van der Waals surface area (Å²) in [6, 6.07) is 9.76. The van der Waals surface area contributed by atoms with Gasteiger partial charge in [-0.3, -0.25) is 9.69 Å². The molecule has 32 heavy (non-hydrogen) atoms. The van der Waals surface area contributed by atoms with Gasteiger partial charge in [0.05, 0.1) is 22.2 Å². The maximum Gasteiger partial charge on any atom is 0.416 e. The zero-order chi connectivity index (χ0) is 23.0. The molecule has 1 saturated heterocycles. The minimum atomic E-state index is -4.36. The molecule has 0 spiro atoms. The summed E-state index contributed by atoms with van der Waals surface area (Å²) in [6.45, 7) is 7.07. The van der Waals surface area contributed by atoms with Gasteiger partial charge < -0.3 is 10.0 Å². The number of carbonyl (C=O) groups is 1. The lowest BCUT2D eigenvalue weighted by Crippen LogP contribution is -2.51. The Morgan fingerprint density at radius 2 is 1.94 bits per heavy atom. The van der Waals surface area contributed by atoms with Crippen molar-refractivity contribution < 1.29 is 23.1 Å². The Kier molecular flexibility index (Phi) is 6.13. The number of rotatable bonds is 5. The van der Waals surface area contributed by atoms with E-state index in [2.05, 4.69) is 27.8 Å². The number of carboxylic acids is 1. The lowest BCUT2D eigenvalue weighted by molar-refractivity contribution is -0.138. The van der Waals surface area contributed by atoms with Gasteiger partial charge in [0.1, 0.15) is 0 Å². The van der Waals surface area contributed by atoms with Gasteiger partial charge in [0.25, 0.3) is 0 Å². The fraction of sp³-hybridized carbons (Fsp3) is 0.391. The van der Waals surface area contributed by atoms with E-state index in [1.807, 2.05) is 19.1 Å². The highest BCUT2D eigenvalue weighted by atomic mass is 32.1. The van der Waals surface area contributed by atoms with Crippen molar-refractivity contribution in [2.75, 3.05) is 24.5 Å². The molecule has 0 amide bonds. The van der Waals surface area contributed by atoms with Gasteiger partial charge in [0.2, 0.25) is 0 Å². The maximum atomic E-state index is 13.0. The van der Waals surface area contributed by atoms with Crippen LogP contribution in [0.25, 0.3) is 10.2 Å². The molecule has 3 aromatic rings. The Morgan fingerprint density at radius 3 is 2.62 bits per heavy atom. The van der Waals surface area contributed by atoms with E-state index < -0.39 is 17.7 Å². The van der Waals surface area contributed by atoms with Crippen molar-refractivity contribution in [3.8, 4) is 0 Å². The largest absolute Gasteiger partial charge is 0.481 e. The quantitative estimate of drug-likeness (QED) is 0.580. The molecule has 0 bridgehead atoms. The predicted molar refractivity (Wildman–Crippen MR) is 119 cm³/mol. The fourth-order valence-corrected chi connectivity index (χ4v) is 5.38. The van der Waals surface area contributed by atoms with Crippen molar-refractivity contribution in [1.82, 2.24) is 9.88 Å². The van der Waals surface area contributed by atoms with Crippen molar-refractivity contribution in [2.24, 2.45) is 0 Å². The minimum Gasteiger partial charge on any atom is -0.481 e. The Balaban J connectivity index is 1.46. The van der Waals surface area contributed by atoms with Crippen molar-refractivity contribution in [1.29, 1.82) is 0 Å². The molecule has 1 atom stereocenters. The van der Waals surface area contributed by atoms with Crippen LogP contribution >= 0.6 is 11.3 Å². The Hall–Kier alpha value is -2.65. The highest BCUT2D eigenvalue weighted by molar-refractivity contribution is 7.22. The number of hydrogen-bond acceptors (Lipinski definition) is 5. The molecule has 0 radical (unpaired) electrons. The van der Waals surface area contributed by atoms with Crippen LogP contribution in [-0.4, -0.2) is 46.6 Å². The predicted octanol–water partition coefficient (Wildman–Crippen LogP) is 4.96. The molecule has 4 rings (SSSR count). The summed E-state index contributed by atoms with van der Waals surface area (Å²) < 4.78 is 39.6. The molecule has 170 valence electrons. The first-order valence-corrected chi connectivity index (χ1v) is 11.2. The average Bonchev–Trinajstić information content (AvgIpc) is 3.09. The summed E-state index contributed by atoms with van der Waals surface area (Å²) in [4.78, 5) is 20.1. The molecular weight excluding hydrogens is 439 g/mol. The second-order valence-electron chi connectivity index (χ2n) is 8.35. The molecule has 1 N–H and O–H groups in total. The summed E-state index contributed by atoms with van der Waals surface area (Å²) in [6.07, 6.45) is -4.36.